The van der Waals surface area contributed by atoms with Crippen LogP contribution in [-0.4, -0.2) is 8.42 Å². The van der Waals surface area contributed by atoms with Gasteiger partial charge in [0.2, 0.25) is 0 Å². The highest BCUT2D eigenvalue weighted by Gasteiger charge is 2.19. The maximum absolute atomic E-state index is 12.5. The van der Waals surface area contributed by atoms with E-state index in [0.29, 0.717) is 21.3 Å². The number of hydrogen-bond acceptors (Lipinski definition) is 3. The van der Waals surface area contributed by atoms with Crippen molar-refractivity contribution in [1.82, 2.24) is 0 Å². The molecule has 21 heavy (non-hydrogen) atoms. The van der Waals surface area contributed by atoms with Gasteiger partial charge in [0.1, 0.15) is 0 Å². The molecule has 0 aliphatic carbocycles. The lowest BCUT2D eigenvalue weighted by molar-refractivity contribution is 0.600. The molecule has 0 heterocycles. The molecule has 0 atom stereocenters. The quantitative estimate of drug-likeness (QED) is 0.826. The van der Waals surface area contributed by atoms with Crippen molar-refractivity contribution in [3.63, 3.8) is 0 Å². The fourth-order valence-electron chi connectivity index (χ4n) is 1.90. The van der Waals surface area contributed by atoms with Crippen molar-refractivity contribution < 1.29 is 8.42 Å². The number of hydrogen-bond donors (Lipinski definition) is 2. The summed E-state index contributed by atoms with van der Waals surface area (Å²) in [4.78, 5) is 0.0961. The van der Waals surface area contributed by atoms with Crippen LogP contribution in [0.15, 0.2) is 35.2 Å². The zero-order chi connectivity index (χ0) is 15.8. The van der Waals surface area contributed by atoms with Gasteiger partial charge in [-0.3, -0.25) is 4.72 Å². The summed E-state index contributed by atoms with van der Waals surface area (Å²) in [6.45, 7) is 3.43. The van der Waals surface area contributed by atoms with Crippen LogP contribution in [0, 0.1) is 13.8 Å². The van der Waals surface area contributed by atoms with E-state index in [1.165, 1.54) is 12.1 Å². The lowest BCUT2D eigenvalue weighted by Crippen LogP contribution is -2.15. The van der Waals surface area contributed by atoms with Gasteiger partial charge in [0.15, 0.2) is 0 Å². The summed E-state index contributed by atoms with van der Waals surface area (Å²) in [5, 5.41) is 0.872. The van der Waals surface area contributed by atoms with Crippen molar-refractivity contribution in [1.29, 1.82) is 0 Å². The molecular formula is C14H14Cl2N2O2S. The highest BCUT2D eigenvalue weighted by Crippen LogP contribution is 2.28. The zero-order valence-corrected chi connectivity index (χ0v) is 13.8. The van der Waals surface area contributed by atoms with Crippen molar-refractivity contribution in [2.45, 2.75) is 18.7 Å². The molecule has 0 amide bonds. The van der Waals surface area contributed by atoms with Gasteiger partial charge in [-0.1, -0.05) is 23.2 Å². The topological polar surface area (TPSA) is 72.2 Å². The molecule has 0 radical (unpaired) electrons. The largest absolute Gasteiger partial charge is 0.397 e. The summed E-state index contributed by atoms with van der Waals surface area (Å²) in [6.07, 6.45) is 0. The molecule has 0 aliphatic rings. The number of sulfonamides is 1. The molecule has 0 bridgehead atoms. The molecule has 2 rings (SSSR count). The molecule has 0 fully saturated rings. The SMILES string of the molecule is Cc1cc(Cl)ccc1NS(=O)(=O)c1cc(N)c(Cl)cc1C. The third-order valence-corrected chi connectivity index (χ3v) is 5.09. The summed E-state index contributed by atoms with van der Waals surface area (Å²) in [6, 6.07) is 7.80. The van der Waals surface area contributed by atoms with Crippen molar-refractivity contribution >= 4 is 44.6 Å². The highest BCUT2D eigenvalue weighted by molar-refractivity contribution is 7.92. The van der Waals surface area contributed by atoms with Crippen molar-refractivity contribution in [3.8, 4) is 0 Å². The molecular weight excluding hydrogens is 331 g/mol. The first-order chi connectivity index (χ1) is 9.70. The minimum absolute atomic E-state index is 0.0961. The number of nitrogens with two attached hydrogens (primary N) is 1. The molecule has 0 spiro atoms. The van der Waals surface area contributed by atoms with Crippen LogP contribution in [0.4, 0.5) is 11.4 Å². The second-order valence-corrected chi connectivity index (χ2v) is 7.20. The summed E-state index contributed by atoms with van der Waals surface area (Å²) in [7, 11) is -3.75. The van der Waals surface area contributed by atoms with Gasteiger partial charge in [-0.05, 0) is 55.3 Å². The third-order valence-electron chi connectivity index (χ3n) is 3.02. The Morgan fingerprint density at radius 2 is 1.71 bits per heavy atom. The summed E-state index contributed by atoms with van der Waals surface area (Å²) >= 11 is 11.7. The predicted octanol–water partition coefficient (Wildman–Crippen LogP) is 3.99. The van der Waals surface area contributed by atoms with E-state index in [0.717, 1.165) is 5.56 Å². The van der Waals surface area contributed by atoms with Crippen molar-refractivity contribution in [3.05, 3.63) is 51.5 Å². The monoisotopic (exact) mass is 344 g/mol. The minimum atomic E-state index is -3.75. The van der Waals surface area contributed by atoms with Crippen LogP contribution in [0.2, 0.25) is 10.0 Å². The fraction of sp³-hybridized carbons (Fsp3) is 0.143. The Balaban J connectivity index is 2.46. The number of halogens is 2. The number of nitrogens with one attached hydrogen (secondary N) is 1. The van der Waals surface area contributed by atoms with E-state index in [1.54, 1.807) is 32.0 Å². The van der Waals surface area contributed by atoms with Crippen molar-refractivity contribution in [2.75, 3.05) is 10.5 Å². The maximum atomic E-state index is 12.5. The molecule has 2 aromatic rings. The highest BCUT2D eigenvalue weighted by atomic mass is 35.5. The summed E-state index contributed by atoms with van der Waals surface area (Å²) in [5.74, 6) is 0. The van der Waals surface area contributed by atoms with Crippen LogP contribution < -0.4 is 10.5 Å². The van der Waals surface area contributed by atoms with Gasteiger partial charge < -0.3 is 5.73 Å². The summed E-state index contributed by atoms with van der Waals surface area (Å²) in [5.41, 5.74) is 7.62. The van der Waals surface area contributed by atoms with E-state index in [-0.39, 0.29) is 10.6 Å². The van der Waals surface area contributed by atoms with Crippen LogP contribution in [0.3, 0.4) is 0 Å². The molecule has 0 aromatic heterocycles. The number of nitrogen functional groups attached to an aromatic ring is 1. The van der Waals surface area contributed by atoms with E-state index >= 15 is 0 Å². The number of rotatable bonds is 3. The Kier molecular flexibility index (Phi) is 4.37. The van der Waals surface area contributed by atoms with E-state index in [1.807, 2.05) is 0 Å². The van der Waals surface area contributed by atoms with Crippen LogP contribution in [0.1, 0.15) is 11.1 Å². The lowest BCUT2D eigenvalue weighted by Gasteiger charge is -2.13. The first-order valence-corrected chi connectivity index (χ1v) is 8.29. The lowest BCUT2D eigenvalue weighted by atomic mass is 10.2. The number of aryl methyl sites for hydroxylation is 2. The first-order valence-electron chi connectivity index (χ1n) is 6.05. The average molecular weight is 345 g/mol. The van der Waals surface area contributed by atoms with Crippen LogP contribution in [0.25, 0.3) is 0 Å². The molecule has 0 saturated carbocycles. The fourth-order valence-corrected chi connectivity index (χ4v) is 3.74. The molecule has 4 nitrogen and oxygen atoms in total. The Morgan fingerprint density at radius 3 is 2.33 bits per heavy atom. The van der Waals surface area contributed by atoms with Gasteiger partial charge in [0, 0.05) is 5.02 Å². The van der Waals surface area contributed by atoms with Gasteiger partial charge in [0.25, 0.3) is 10.0 Å². The maximum Gasteiger partial charge on any atom is 0.262 e. The molecule has 2 aromatic carbocycles. The van der Waals surface area contributed by atoms with Crippen LogP contribution >= 0.6 is 23.2 Å². The zero-order valence-electron chi connectivity index (χ0n) is 11.4. The number of anilines is 2. The molecule has 112 valence electrons. The molecule has 0 saturated heterocycles. The first kappa shape index (κ1) is 15.9. The predicted molar refractivity (Wildman–Crippen MR) is 87.6 cm³/mol. The van der Waals surface area contributed by atoms with Crippen LogP contribution in [-0.2, 0) is 10.0 Å². The summed E-state index contributed by atoms with van der Waals surface area (Å²) < 4.78 is 27.5. The Bertz CT molecular complexity index is 805. The van der Waals surface area contributed by atoms with E-state index in [4.69, 9.17) is 28.9 Å². The van der Waals surface area contributed by atoms with Crippen LogP contribution in [0.5, 0.6) is 0 Å². The standard InChI is InChI=1S/C14H14Cl2N2O2S/c1-8-5-10(15)3-4-13(8)18-21(19,20)14-7-12(17)11(16)6-9(14)2/h3-7,18H,17H2,1-2H3. The molecule has 0 aliphatic heterocycles. The third kappa shape index (κ3) is 3.43. The Morgan fingerprint density at radius 1 is 1.05 bits per heavy atom. The average Bonchev–Trinajstić information content (AvgIpc) is 2.37. The van der Waals surface area contributed by atoms with Gasteiger partial charge in [-0.15, -0.1) is 0 Å². The number of benzene rings is 2. The normalized spacial score (nSPS) is 11.4. The second kappa shape index (κ2) is 5.75. The molecule has 7 heteroatoms. The minimum Gasteiger partial charge on any atom is -0.397 e. The molecule has 3 N–H and O–H groups in total. The Hall–Kier alpha value is -1.43. The van der Waals surface area contributed by atoms with Gasteiger partial charge in [-0.25, -0.2) is 8.42 Å². The molecule has 0 unspecified atom stereocenters. The second-order valence-electron chi connectivity index (χ2n) is 4.70. The van der Waals surface area contributed by atoms with E-state index in [9.17, 15) is 8.42 Å². The Labute approximate surface area is 133 Å². The van der Waals surface area contributed by atoms with Crippen molar-refractivity contribution in [2.24, 2.45) is 0 Å². The van der Waals surface area contributed by atoms with Gasteiger partial charge in [0.05, 0.1) is 21.3 Å². The van der Waals surface area contributed by atoms with E-state index in [2.05, 4.69) is 4.72 Å². The smallest absolute Gasteiger partial charge is 0.262 e. The van der Waals surface area contributed by atoms with Gasteiger partial charge in [-0.2, -0.15) is 0 Å². The van der Waals surface area contributed by atoms with Gasteiger partial charge >= 0.3 is 0 Å². The van der Waals surface area contributed by atoms with E-state index < -0.39 is 10.0 Å².